The molecule has 0 saturated carbocycles. The van der Waals surface area contributed by atoms with Crippen LogP contribution < -0.4 is 10.1 Å². The molecule has 0 aliphatic rings. The Morgan fingerprint density at radius 1 is 1.19 bits per heavy atom. The maximum Gasteiger partial charge on any atom is 0.272 e. The summed E-state index contributed by atoms with van der Waals surface area (Å²) in [6.45, 7) is 4.24. The number of nitro benzene ring substituents is 1. The van der Waals surface area contributed by atoms with Crippen LogP contribution >= 0.6 is 0 Å². The zero-order chi connectivity index (χ0) is 15.4. The third-order valence-electron chi connectivity index (χ3n) is 3.31. The van der Waals surface area contributed by atoms with Crippen LogP contribution in [-0.2, 0) is 6.54 Å². The van der Waals surface area contributed by atoms with E-state index in [9.17, 15) is 10.1 Å². The molecule has 0 aliphatic carbocycles. The lowest BCUT2D eigenvalue weighted by Gasteiger charge is -2.12. The highest BCUT2D eigenvalue weighted by molar-refractivity contribution is 5.58. The van der Waals surface area contributed by atoms with Gasteiger partial charge < -0.3 is 10.1 Å². The molecular weight excluding hydrogens is 268 g/mol. The lowest BCUT2D eigenvalue weighted by Crippen LogP contribution is -2.03. The molecule has 0 heterocycles. The van der Waals surface area contributed by atoms with Gasteiger partial charge in [0.1, 0.15) is 5.75 Å². The molecule has 0 saturated heterocycles. The summed E-state index contributed by atoms with van der Waals surface area (Å²) in [4.78, 5) is 10.6. The van der Waals surface area contributed by atoms with E-state index in [0.717, 1.165) is 22.6 Å². The second-order valence-electron chi connectivity index (χ2n) is 4.94. The highest BCUT2D eigenvalue weighted by Crippen LogP contribution is 2.26. The number of benzene rings is 2. The molecule has 5 nitrogen and oxygen atoms in total. The Morgan fingerprint density at radius 2 is 1.95 bits per heavy atom. The maximum absolute atomic E-state index is 11.0. The number of nitrogens with zero attached hydrogens (tertiary/aromatic N) is 1. The molecule has 0 fully saturated rings. The average molecular weight is 286 g/mol. The molecule has 110 valence electrons. The summed E-state index contributed by atoms with van der Waals surface area (Å²) in [6, 6.07) is 11.1. The number of aryl methyl sites for hydroxylation is 2. The van der Waals surface area contributed by atoms with Crippen LogP contribution in [-0.4, -0.2) is 12.0 Å². The van der Waals surface area contributed by atoms with E-state index < -0.39 is 0 Å². The molecule has 0 unspecified atom stereocenters. The Hall–Kier alpha value is -2.56. The smallest absolute Gasteiger partial charge is 0.272 e. The van der Waals surface area contributed by atoms with E-state index in [-0.39, 0.29) is 10.6 Å². The largest absolute Gasteiger partial charge is 0.495 e. The summed E-state index contributed by atoms with van der Waals surface area (Å²) < 4.78 is 5.30. The van der Waals surface area contributed by atoms with Crippen molar-refractivity contribution in [3.05, 3.63) is 63.2 Å². The van der Waals surface area contributed by atoms with Crippen molar-refractivity contribution < 1.29 is 9.66 Å². The van der Waals surface area contributed by atoms with Gasteiger partial charge in [0.25, 0.3) is 5.69 Å². The van der Waals surface area contributed by atoms with Gasteiger partial charge in [-0.05, 0) is 37.1 Å². The van der Waals surface area contributed by atoms with Crippen LogP contribution in [0, 0.1) is 24.0 Å². The SMILES string of the molecule is COc1ccc(C)cc1NCc1ccc(C)c([N+](=O)[O-])c1. The molecule has 1 N–H and O–H groups in total. The van der Waals surface area contributed by atoms with Crippen molar-refractivity contribution in [2.45, 2.75) is 20.4 Å². The number of hydrogen-bond donors (Lipinski definition) is 1. The second kappa shape index (κ2) is 6.26. The molecule has 2 rings (SSSR count). The minimum absolute atomic E-state index is 0.144. The van der Waals surface area contributed by atoms with Gasteiger partial charge in [0.2, 0.25) is 0 Å². The normalized spacial score (nSPS) is 10.2. The van der Waals surface area contributed by atoms with Crippen molar-refractivity contribution in [1.82, 2.24) is 0 Å². The second-order valence-corrected chi connectivity index (χ2v) is 4.94. The van der Waals surface area contributed by atoms with E-state index in [1.807, 2.05) is 31.2 Å². The van der Waals surface area contributed by atoms with Gasteiger partial charge in [0.15, 0.2) is 0 Å². The van der Waals surface area contributed by atoms with Gasteiger partial charge in [-0.25, -0.2) is 0 Å². The van der Waals surface area contributed by atoms with Crippen LogP contribution in [0.15, 0.2) is 36.4 Å². The van der Waals surface area contributed by atoms with Gasteiger partial charge in [-0.1, -0.05) is 18.2 Å². The summed E-state index contributed by atoms with van der Waals surface area (Å²) in [5, 5.41) is 14.2. The zero-order valence-corrected chi connectivity index (χ0v) is 12.3. The van der Waals surface area contributed by atoms with Crippen LogP contribution in [0.4, 0.5) is 11.4 Å². The lowest BCUT2D eigenvalue weighted by molar-refractivity contribution is -0.385. The van der Waals surface area contributed by atoms with E-state index in [1.54, 1.807) is 26.2 Å². The lowest BCUT2D eigenvalue weighted by atomic mass is 10.1. The fraction of sp³-hybridized carbons (Fsp3) is 0.250. The Kier molecular flexibility index (Phi) is 4.42. The number of nitrogens with one attached hydrogen (secondary N) is 1. The number of ether oxygens (including phenoxy) is 1. The van der Waals surface area contributed by atoms with Gasteiger partial charge in [-0.3, -0.25) is 10.1 Å². The van der Waals surface area contributed by atoms with Crippen molar-refractivity contribution in [1.29, 1.82) is 0 Å². The molecule has 0 bridgehead atoms. The summed E-state index contributed by atoms with van der Waals surface area (Å²) in [5.74, 6) is 0.752. The van der Waals surface area contributed by atoms with Gasteiger partial charge in [0, 0.05) is 18.2 Å². The topological polar surface area (TPSA) is 64.4 Å². The highest BCUT2D eigenvalue weighted by Gasteiger charge is 2.11. The molecule has 21 heavy (non-hydrogen) atoms. The van der Waals surface area contributed by atoms with Crippen LogP contribution in [0.1, 0.15) is 16.7 Å². The first-order valence-corrected chi connectivity index (χ1v) is 6.63. The van der Waals surface area contributed by atoms with E-state index in [2.05, 4.69) is 5.32 Å². The fourth-order valence-corrected chi connectivity index (χ4v) is 2.12. The Morgan fingerprint density at radius 3 is 2.62 bits per heavy atom. The van der Waals surface area contributed by atoms with Crippen molar-refractivity contribution in [3.63, 3.8) is 0 Å². The quantitative estimate of drug-likeness (QED) is 0.670. The number of rotatable bonds is 5. The Labute approximate surface area is 123 Å². The standard InChI is InChI=1S/C16H18N2O3/c1-11-4-7-16(21-3)14(8-11)17-10-13-6-5-12(2)15(9-13)18(19)20/h4-9,17H,10H2,1-3H3. The van der Waals surface area contributed by atoms with Crippen LogP contribution in [0.5, 0.6) is 5.75 Å². The van der Waals surface area contributed by atoms with Crippen LogP contribution in [0.25, 0.3) is 0 Å². The predicted molar refractivity (Wildman–Crippen MR) is 82.9 cm³/mol. The number of nitro groups is 1. The molecule has 0 aromatic heterocycles. The van der Waals surface area contributed by atoms with Crippen LogP contribution in [0.3, 0.4) is 0 Å². The molecule has 0 amide bonds. The summed E-state index contributed by atoms with van der Waals surface area (Å²) in [5.41, 5.74) is 3.66. The predicted octanol–water partition coefficient (Wildman–Crippen LogP) is 3.83. The number of hydrogen-bond acceptors (Lipinski definition) is 4. The fourth-order valence-electron chi connectivity index (χ4n) is 2.12. The highest BCUT2D eigenvalue weighted by atomic mass is 16.6. The number of methoxy groups -OCH3 is 1. The molecule has 0 aliphatic heterocycles. The average Bonchev–Trinajstić information content (AvgIpc) is 2.46. The first-order valence-electron chi connectivity index (χ1n) is 6.63. The van der Waals surface area contributed by atoms with E-state index in [1.165, 1.54) is 0 Å². The molecule has 2 aromatic carbocycles. The van der Waals surface area contributed by atoms with Gasteiger partial charge in [-0.2, -0.15) is 0 Å². The summed E-state index contributed by atoms with van der Waals surface area (Å²) in [6.07, 6.45) is 0. The van der Waals surface area contributed by atoms with Gasteiger partial charge in [-0.15, -0.1) is 0 Å². The number of anilines is 1. The van der Waals surface area contributed by atoms with Crippen molar-refractivity contribution in [3.8, 4) is 5.75 Å². The van der Waals surface area contributed by atoms with Crippen molar-refractivity contribution >= 4 is 11.4 Å². The Balaban J connectivity index is 2.19. The van der Waals surface area contributed by atoms with E-state index in [4.69, 9.17) is 4.74 Å². The minimum atomic E-state index is -0.355. The third-order valence-corrected chi connectivity index (χ3v) is 3.31. The molecule has 2 aromatic rings. The van der Waals surface area contributed by atoms with Crippen molar-refractivity contribution in [2.24, 2.45) is 0 Å². The first kappa shape index (κ1) is 14.8. The van der Waals surface area contributed by atoms with Crippen molar-refractivity contribution in [2.75, 3.05) is 12.4 Å². The van der Waals surface area contributed by atoms with E-state index in [0.29, 0.717) is 12.1 Å². The molecule has 5 heteroatoms. The van der Waals surface area contributed by atoms with Gasteiger partial charge >= 0.3 is 0 Å². The molecule has 0 radical (unpaired) electrons. The molecule has 0 atom stereocenters. The third kappa shape index (κ3) is 3.51. The van der Waals surface area contributed by atoms with Gasteiger partial charge in [0.05, 0.1) is 17.7 Å². The van der Waals surface area contributed by atoms with Crippen LogP contribution in [0.2, 0.25) is 0 Å². The maximum atomic E-state index is 11.0. The Bertz CT molecular complexity index is 669. The summed E-state index contributed by atoms with van der Waals surface area (Å²) >= 11 is 0. The first-order chi connectivity index (χ1) is 10.0. The minimum Gasteiger partial charge on any atom is -0.495 e. The monoisotopic (exact) mass is 286 g/mol. The zero-order valence-electron chi connectivity index (χ0n) is 12.3. The van der Waals surface area contributed by atoms with E-state index >= 15 is 0 Å². The molecular formula is C16H18N2O3. The molecule has 0 spiro atoms. The summed E-state index contributed by atoms with van der Waals surface area (Å²) in [7, 11) is 1.62.